The van der Waals surface area contributed by atoms with Gasteiger partial charge in [0.05, 0.1) is 13.7 Å². The van der Waals surface area contributed by atoms with Crippen molar-refractivity contribution in [2.45, 2.75) is 6.54 Å². The molecule has 1 aliphatic rings. The highest BCUT2D eigenvalue weighted by Crippen LogP contribution is 2.33. The highest BCUT2D eigenvalue weighted by Gasteiger charge is 2.26. The topological polar surface area (TPSA) is 36.3 Å². The fraction of sp³-hybridized carbons (Fsp3) is 0.133. The Hall–Kier alpha value is -1.88. The van der Waals surface area contributed by atoms with Crippen molar-refractivity contribution in [2.75, 3.05) is 12.0 Å². The minimum Gasteiger partial charge on any atom is -0.497 e. The van der Waals surface area contributed by atoms with E-state index in [0.717, 1.165) is 15.7 Å². The van der Waals surface area contributed by atoms with Crippen LogP contribution in [-0.4, -0.2) is 12.9 Å². The maximum Gasteiger partial charge on any atom is 0.133 e. The summed E-state index contributed by atoms with van der Waals surface area (Å²) in [6.45, 7) is 0.564. The molecule has 3 rings (SSSR count). The normalized spacial score (nSPS) is 13.6. The second-order valence-electron chi connectivity index (χ2n) is 4.59. The summed E-state index contributed by atoms with van der Waals surface area (Å²) in [5.74, 6) is 0.700. The van der Waals surface area contributed by atoms with E-state index in [2.05, 4.69) is 15.9 Å². The molecule has 0 unspecified atom stereocenters. The van der Waals surface area contributed by atoms with Crippen LogP contribution in [0.25, 0.3) is 0 Å². The molecule has 1 N–H and O–H groups in total. The number of nitrogens with one attached hydrogen (secondary N) is 1. The summed E-state index contributed by atoms with van der Waals surface area (Å²) in [5.41, 5.74) is 2.44. The van der Waals surface area contributed by atoms with Crippen molar-refractivity contribution in [2.24, 2.45) is 0 Å². The molecule has 5 heteroatoms. The van der Waals surface area contributed by atoms with Gasteiger partial charge in [-0.05, 0) is 29.8 Å². The number of anilines is 1. The lowest BCUT2D eigenvalue weighted by molar-refractivity contribution is 0.414. The second-order valence-corrected chi connectivity index (χ2v) is 5.50. The van der Waals surface area contributed by atoms with Gasteiger partial charge in [0.1, 0.15) is 17.4 Å². The van der Waals surface area contributed by atoms with Gasteiger partial charge in [-0.1, -0.05) is 22.0 Å². The zero-order chi connectivity index (χ0) is 14.3. The van der Waals surface area contributed by atoms with Crippen molar-refractivity contribution in [1.82, 2.24) is 0 Å². The predicted octanol–water partition coefficient (Wildman–Crippen LogP) is 3.94. The van der Waals surface area contributed by atoms with Crippen molar-refractivity contribution in [1.29, 1.82) is 5.41 Å². The minimum atomic E-state index is -0.317. The first-order valence-electron chi connectivity index (χ1n) is 6.08. The average molecular weight is 335 g/mol. The van der Waals surface area contributed by atoms with E-state index in [1.165, 1.54) is 12.1 Å². The number of benzene rings is 2. The van der Waals surface area contributed by atoms with Crippen LogP contribution in [0.4, 0.5) is 10.1 Å². The van der Waals surface area contributed by atoms with Gasteiger partial charge in [-0.15, -0.1) is 0 Å². The van der Waals surface area contributed by atoms with Gasteiger partial charge in [-0.2, -0.15) is 0 Å². The van der Waals surface area contributed by atoms with Gasteiger partial charge < -0.3 is 9.64 Å². The molecule has 0 fully saturated rings. The Labute approximate surface area is 124 Å². The summed E-state index contributed by atoms with van der Waals surface area (Å²) in [5, 5.41) is 8.22. The predicted molar refractivity (Wildman–Crippen MR) is 80.1 cm³/mol. The monoisotopic (exact) mass is 334 g/mol. The minimum absolute atomic E-state index is 0.305. The van der Waals surface area contributed by atoms with E-state index in [9.17, 15) is 4.39 Å². The molecule has 1 heterocycles. The number of ether oxygens (including phenoxy) is 1. The number of rotatable bonds is 2. The van der Waals surface area contributed by atoms with E-state index >= 15 is 0 Å². The Morgan fingerprint density at radius 2 is 2.05 bits per heavy atom. The van der Waals surface area contributed by atoms with Gasteiger partial charge in [0, 0.05) is 21.8 Å². The summed E-state index contributed by atoms with van der Waals surface area (Å²) in [6, 6.07) is 10.2. The van der Waals surface area contributed by atoms with Crippen LogP contribution in [0.15, 0.2) is 40.9 Å². The summed E-state index contributed by atoms with van der Waals surface area (Å²) in [7, 11) is 1.60. The summed E-state index contributed by atoms with van der Waals surface area (Å²) >= 11 is 3.43. The summed E-state index contributed by atoms with van der Waals surface area (Å²) < 4.78 is 19.4. The van der Waals surface area contributed by atoms with Crippen LogP contribution in [0.5, 0.6) is 5.75 Å². The first kappa shape index (κ1) is 13.1. The number of hydrogen-bond acceptors (Lipinski definition) is 2. The highest BCUT2D eigenvalue weighted by molar-refractivity contribution is 9.10. The lowest BCUT2D eigenvalue weighted by Gasteiger charge is -2.19. The van der Waals surface area contributed by atoms with E-state index in [4.69, 9.17) is 10.1 Å². The molecule has 20 heavy (non-hydrogen) atoms. The van der Waals surface area contributed by atoms with Crippen LogP contribution in [0, 0.1) is 11.2 Å². The lowest BCUT2D eigenvalue weighted by Crippen LogP contribution is -2.23. The number of amidine groups is 1. The second kappa shape index (κ2) is 4.90. The Balaban J connectivity index is 2.02. The van der Waals surface area contributed by atoms with Crippen molar-refractivity contribution in [3.05, 3.63) is 57.8 Å². The van der Waals surface area contributed by atoms with Gasteiger partial charge in [0.15, 0.2) is 0 Å². The summed E-state index contributed by atoms with van der Waals surface area (Å²) in [4.78, 5) is 1.83. The van der Waals surface area contributed by atoms with Crippen LogP contribution in [-0.2, 0) is 6.54 Å². The molecular formula is C15H12BrFN2O. The van der Waals surface area contributed by atoms with Gasteiger partial charge in [0.25, 0.3) is 0 Å². The zero-order valence-corrected chi connectivity index (χ0v) is 12.4. The molecule has 0 aromatic heterocycles. The molecule has 0 aliphatic carbocycles. The molecule has 0 radical (unpaired) electrons. The molecule has 0 amide bonds. The first-order valence-corrected chi connectivity index (χ1v) is 6.87. The van der Waals surface area contributed by atoms with Crippen LogP contribution < -0.4 is 9.64 Å². The van der Waals surface area contributed by atoms with Gasteiger partial charge in [0.2, 0.25) is 0 Å². The smallest absolute Gasteiger partial charge is 0.133 e. The third-order valence-corrected chi connectivity index (χ3v) is 3.79. The first-order chi connectivity index (χ1) is 9.58. The molecule has 0 saturated carbocycles. The average Bonchev–Trinajstić information content (AvgIpc) is 2.75. The molecule has 0 saturated heterocycles. The molecule has 0 atom stereocenters. The third-order valence-electron chi connectivity index (χ3n) is 3.33. The lowest BCUT2D eigenvalue weighted by atomic mass is 10.1. The molecule has 1 aliphatic heterocycles. The Bertz CT molecular complexity index is 702. The third kappa shape index (κ3) is 2.18. The Kier molecular flexibility index (Phi) is 3.22. The zero-order valence-electron chi connectivity index (χ0n) is 10.8. The largest absolute Gasteiger partial charge is 0.497 e. The van der Waals surface area contributed by atoms with E-state index in [0.29, 0.717) is 23.7 Å². The number of hydrogen-bond donors (Lipinski definition) is 1. The van der Waals surface area contributed by atoms with Gasteiger partial charge in [-0.3, -0.25) is 5.41 Å². The van der Waals surface area contributed by atoms with Crippen molar-refractivity contribution < 1.29 is 9.13 Å². The van der Waals surface area contributed by atoms with Gasteiger partial charge in [-0.25, -0.2) is 4.39 Å². The molecule has 0 spiro atoms. The van der Waals surface area contributed by atoms with Crippen molar-refractivity contribution in [3.8, 4) is 5.75 Å². The fourth-order valence-corrected chi connectivity index (χ4v) is 2.80. The van der Waals surface area contributed by atoms with Gasteiger partial charge >= 0.3 is 0 Å². The van der Waals surface area contributed by atoms with Crippen molar-refractivity contribution in [3.63, 3.8) is 0 Å². The maximum atomic E-state index is 13.3. The molecule has 3 nitrogen and oxygen atoms in total. The van der Waals surface area contributed by atoms with E-state index in [1.54, 1.807) is 13.2 Å². The van der Waals surface area contributed by atoms with Crippen LogP contribution >= 0.6 is 15.9 Å². The fourth-order valence-electron chi connectivity index (χ4n) is 2.34. The van der Waals surface area contributed by atoms with E-state index in [1.807, 2.05) is 23.1 Å². The standard InChI is InChI=1S/C15H12BrFN2O/c1-20-13-5-10(16)4-12(7-13)19-8-9-2-3-11(17)6-14(9)15(19)18/h2-7,18H,8H2,1H3. The summed E-state index contributed by atoms with van der Waals surface area (Å²) in [6.07, 6.45) is 0. The SMILES string of the molecule is COc1cc(Br)cc(N2Cc3ccc(F)cc3C2=N)c1. The van der Waals surface area contributed by atoms with E-state index in [-0.39, 0.29) is 5.82 Å². The van der Waals surface area contributed by atoms with Crippen molar-refractivity contribution >= 4 is 27.5 Å². The van der Waals surface area contributed by atoms with Crippen LogP contribution in [0.2, 0.25) is 0 Å². The number of fused-ring (bicyclic) bond motifs is 1. The van der Waals surface area contributed by atoms with E-state index < -0.39 is 0 Å². The maximum absolute atomic E-state index is 13.3. The molecule has 2 aromatic rings. The Morgan fingerprint density at radius 1 is 1.25 bits per heavy atom. The molecule has 2 aromatic carbocycles. The number of halogens is 2. The molecular weight excluding hydrogens is 323 g/mol. The van der Waals surface area contributed by atoms with Crippen LogP contribution in [0.1, 0.15) is 11.1 Å². The molecule has 0 bridgehead atoms. The highest BCUT2D eigenvalue weighted by atomic mass is 79.9. The molecule has 102 valence electrons. The Morgan fingerprint density at radius 3 is 2.80 bits per heavy atom. The number of nitrogens with zero attached hydrogens (tertiary/aromatic N) is 1. The number of methoxy groups -OCH3 is 1. The quantitative estimate of drug-likeness (QED) is 0.902. The van der Waals surface area contributed by atoms with Crippen LogP contribution in [0.3, 0.4) is 0 Å².